The van der Waals surface area contributed by atoms with Crippen LogP contribution in [0.25, 0.3) is 0 Å². The second-order valence-electron chi connectivity index (χ2n) is 5.15. The zero-order valence-electron chi connectivity index (χ0n) is 10.8. The third-order valence-corrected chi connectivity index (χ3v) is 3.35. The summed E-state index contributed by atoms with van der Waals surface area (Å²) in [6, 6.07) is 6.42. The monoisotopic (exact) mass is 263 g/mol. The van der Waals surface area contributed by atoms with Crippen LogP contribution in [0.15, 0.2) is 24.3 Å². The van der Waals surface area contributed by atoms with E-state index < -0.39 is 11.6 Å². The first-order valence-electron chi connectivity index (χ1n) is 6.18. The molecule has 19 heavy (non-hydrogen) atoms. The molecule has 102 valence electrons. The lowest BCUT2D eigenvalue weighted by Gasteiger charge is -2.19. The van der Waals surface area contributed by atoms with E-state index in [-0.39, 0.29) is 17.9 Å². The lowest BCUT2D eigenvalue weighted by atomic mass is 10.1. The number of aromatic carboxylic acids is 1. The number of carboxylic acids is 1. The maximum Gasteiger partial charge on any atom is 0.335 e. The van der Waals surface area contributed by atoms with Crippen molar-refractivity contribution in [2.45, 2.75) is 31.4 Å². The lowest BCUT2D eigenvalue weighted by molar-refractivity contribution is -0.133. The van der Waals surface area contributed by atoms with E-state index in [1.807, 2.05) is 0 Å². The average molecular weight is 263 g/mol. The molecular weight excluding hydrogens is 246 g/mol. The highest BCUT2D eigenvalue weighted by molar-refractivity contribution is 5.87. The molecule has 0 radical (unpaired) electrons. The highest BCUT2D eigenvalue weighted by Crippen LogP contribution is 2.38. The van der Waals surface area contributed by atoms with E-state index in [1.54, 1.807) is 24.1 Å². The summed E-state index contributed by atoms with van der Waals surface area (Å²) >= 11 is 0. The number of hydrogen-bond acceptors (Lipinski definition) is 3. The van der Waals surface area contributed by atoms with Gasteiger partial charge in [-0.3, -0.25) is 4.79 Å². The van der Waals surface area contributed by atoms with Gasteiger partial charge in [-0.2, -0.15) is 0 Å². The molecule has 1 aromatic carbocycles. The highest BCUT2D eigenvalue weighted by atomic mass is 16.4. The van der Waals surface area contributed by atoms with Crippen molar-refractivity contribution in [2.24, 2.45) is 0 Å². The van der Waals surface area contributed by atoms with Crippen LogP contribution in [0.3, 0.4) is 0 Å². The Labute approximate surface area is 111 Å². The van der Waals surface area contributed by atoms with E-state index in [1.165, 1.54) is 12.1 Å². The number of carbonyl (C=O) groups excluding carboxylic acids is 1. The molecule has 1 aromatic rings. The molecule has 5 nitrogen and oxygen atoms in total. The predicted octanol–water partition coefficient (Wildman–Crippen LogP) is 1.26. The second-order valence-corrected chi connectivity index (χ2v) is 5.15. The lowest BCUT2D eigenvalue weighted by Crippen LogP contribution is -2.30. The van der Waals surface area contributed by atoms with Crippen molar-refractivity contribution < 1.29 is 19.8 Å². The molecule has 0 aliphatic heterocycles. The molecule has 1 aliphatic rings. The van der Waals surface area contributed by atoms with Crippen molar-refractivity contribution in [3.63, 3.8) is 0 Å². The van der Waals surface area contributed by atoms with Crippen LogP contribution in [-0.2, 0) is 11.3 Å². The molecule has 2 N–H and O–H groups in total. The first kappa shape index (κ1) is 13.5. The number of hydrogen-bond donors (Lipinski definition) is 2. The molecule has 0 aromatic heterocycles. The molecule has 0 bridgehead atoms. The maximum atomic E-state index is 11.8. The smallest absolute Gasteiger partial charge is 0.335 e. The van der Waals surface area contributed by atoms with Crippen LogP contribution < -0.4 is 0 Å². The Morgan fingerprint density at radius 2 is 1.84 bits per heavy atom. The van der Waals surface area contributed by atoms with E-state index >= 15 is 0 Å². The summed E-state index contributed by atoms with van der Waals surface area (Å²) in [7, 11) is 1.68. The van der Waals surface area contributed by atoms with Crippen LogP contribution in [-0.4, -0.2) is 39.6 Å². The third-order valence-electron chi connectivity index (χ3n) is 3.35. The quantitative estimate of drug-likeness (QED) is 0.838. The van der Waals surface area contributed by atoms with Gasteiger partial charge in [0.25, 0.3) is 0 Å². The Balaban J connectivity index is 1.92. The Hall–Kier alpha value is -1.88. The zero-order chi connectivity index (χ0) is 14.0. The summed E-state index contributed by atoms with van der Waals surface area (Å²) in [4.78, 5) is 24.1. The van der Waals surface area contributed by atoms with Gasteiger partial charge in [0.1, 0.15) is 0 Å². The third kappa shape index (κ3) is 3.54. The summed E-state index contributed by atoms with van der Waals surface area (Å²) in [5.41, 5.74) is 0.312. The van der Waals surface area contributed by atoms with Gasteiger partial charge in [-0.15, -0.1) is 0 Å². The fourth-order valence-corrected chi connectivity index (χ4v) is 1.85. The Morgan fingerprint density at radius 3 is 2.32 bits per heavy atom. The molecule has 5 heteroatoms. The van der Waals surface area contributed by atoms with E-state index in [4.69, 9.17) is 5.11 Å². The molecular formula is C14H17NO4. The number of carboxylic acid groups (broad SMARTS) is 1. The van der Waals surface area contributed by atoms with Gasteiger partial charge in [-0.1, -0.05) is 12.1 Å². The van der Waals surface area contributed by atoms with Crippen molar-refractivity contribution in [1.82, 2.24) is 4.90 Å². The fourth-order valence-electron chi connectivity index (χ4n) is 1.85. The number of amides is 1. The topological polar surface area (TPSA) is 77.8 Å². The number of nitrogens with zero attached hydrogens (tertiary/aromatic N) is 1. The van der Waals surface area contributed by atoms with Crippen LogP contribution in [0.5, 0.6) is 0 Å². The second kappa shape index (κ2) is 5.01. The van der Waals surface area contributed by atoms with Gasteiger partial charge in [0.15, 0.2) is 0 Å². The van der Waals surface area contributed by atoms with Gasteiger partial charge >= 0.3 is 5.97 Å². The number of benzene rings is 1. The van der Waals surface area contributed by atoms with Crippen molar-refractivity contribution in [3.05, 3.63) is 35.4 Å². The van der Waals surface area contributed by atoms with Gasteiger partial charge < -0.3 is 15.1 Å². The summed E-state index contributed by atoms with van der Waals surface area (Å²) in [5.74, 6) is -1.06. The summed E-state index contributed by atoms with van der Waals surface area (Å²) in [6.45, 7) is 0.412. The minimum atomic E-state index is -0.966. The number of rotatable bonds is 5. The molecule has 1 amide bonds. The summed E-state index contributed by atoms with van der Waals surface area (Å²) < 4.78 is 0. The first-order valence-corrected chi connectivity index (χ1v) is 6.18. The molecule has 1 fully saturated rings. The van der Waals surface area contributed by atoms with Crippen molar-refractivity contribution in [2.75, 3.05) is 7.05 Å². The standard InChI is InChI=1S/C14H17NO4/c1-15(12(16)8-14(19)6-7-14)9-10-2-4-11(5-3-10)13(17)18/h2-5,19H,6-9H2,1H3,(H,17,18). The van der Waals surface area contributed by atoms with Gasteiger partial charge in [0.2, 0.25) is 5.91 Å². The van der Waals surface area contributed by atoms with E-state index in [0.29, 0.717) is 19.4 Å². The number of carbonyl (C=O) groups is 2. The van der Waals surface area contributed by atoms with Crippen LogP contribution in [0.4, 0.5) is 0 Å². The van der Waals surface area contributed by atoms with E-state index in [9.17, 15) is 14.7 Å². The molecule has 2 rings (SSSR count). The average Bonchev–Trinajstić information content (AvgIpc) is 3.07. The van der Waals surface area contributed by atoms with Gasteiger partial charge in [0, 0.05) is 13.6 Å². The van der Waals surface area contributed by atoms with Gasteiger partial charge in [-0.25, -0.2) is 4.79 Å². The normalized spacial score (nSPS) is 15.9. The molecule has 1 saturated carbocycles. The minimum absolute atomic E-state index is 0.0951. The van der Waals surface area contributed by atoms with Crippen molar-refractivity contribution >= 4 is 11.9 Å². The van der Waals surface area contributed by atoms with E-state index in [2.05, 4.69) is 0 Å². The molecule has 0 atom stereocenters. The molecule has 0 unspecified atom stereocenters. The summed E-state index contributed by atoms with van der Waals surface area (Å²) in [5, 5.41) is 18.5. The maximum absolute atomic E-state index is 11.8. The van der Waals surface area contributed by atoms with Crippen molar-refractivity contribution in [3.8, 4) is 0 Å². The first-order chi connectivity index (χ1) is 8.89. The van der Waals surface area contributed by atoms with Crippen LogP contribution in [0, 0.1) is 0 Å². The SMILES string of the molecule is CN(Cc1ccc(C(=O)O)cc1)C(=O)CC1(O)CC1. The van der Waals surface area contributed by atoms with Crippen molar-refractivity contribution in [1.29, 1.82) is 0 Å². The Morgan fingerprint density at radius 1 is 1.26 bits per heavy atom. The van der Waals surface area contributed by atoms with Crippen LogP contribution in [0.1, 0.15) is 35.2 Å². The van der Waals surface area contributed by atoms with Crippen LogP contribution >= 0.6 is 0 Å². The summed E-state index contributed by atoms with van der Waals surface area (Å²) in [6.07, 6.45) is 1.55. The Kier molecular flexibility index (Phi) is 3.57. The predicted molar refractivity (Wildman–Crippen MR) is 68.7 cm³/mol. The number of aliphatic hydroxyl groups is 1. The van der Waals surface area contributed by atoms with Crippen LogP contribution in [0.2, 0.25) is 0 Å². The molecule has 1 aliphatic carbocycles. The van der Waals surface area contributed by atoms with Gasteiger partial charge in [0.05, 0.1) is 17.6 Å². The Bertz CT molecular complexity index is 491. The molecule has 0 saturated heterocycles. The molecule has 0 spiro atoms. The molecule has 0 heterocycles. The zero-order valence-corrected chi connectivity index (χ0v) is 10.8. The van der Waals surface area contributed by atoms with Gasteiger partial charge in [-0.05, 0) is 30.5 Å². The minimum Gasteiger partial charge on any atom is -0.478 e. The van der Waals surface area contributed by atoms with E-state index in [0.717, 1.165) is 5.56 Å². The fraction of sp³-hybridized carbons (Fsp3) is 0.429. The largest absolute Gasteiger partial charge is 0.478 e. The highest BCUT2D eigenvalue weighted by Gasteiger charge is 2.42.